The first-order valence-corrected chi connectivity index (χ1v) is 16.8. The maximum Gasteiger partial charge on any atom is 0.0466 e. The summed E-state index contributed by atoms with van der Waals surface area (Å²) in [6.07, 6.45) is 21.0. The Bertz CT molecular complexity index is 220. The van der Waals surface area contributed by atoms with Crippen molar-refractivity contribution in [2.45, 2.75) is 96.3 Å². The number of thioether (sulfide) groups is 1. The molecule has 6 nitrogen and oxygen atoms in total. The van der Waals surface area contributed by atoms with Gasteiger partial charge in [0.1, 0.15) is 0 Å². The van der Waals surface area contributed by atoms with E-state index in [1.54, 1.807) is 0 Å². The number of ether oxygens (including phenoxy) is 1. The molecule has 0 aliphatic carbocycles. The van der Waals surface area contributed by atoms with Gasteiger partial charge in [0.25, 0.3) is 0 Å². The number of piperazine rings is 1. The van der Waals surface area contributed by atoms with E-state index in [0.717, 1.165) is 39.4 Å². The summed E-state index contributed by atoms with van der Waals surface area (Å²) >= 11 is 2.09. The van der Waals surface area contributed by atoms with Crippen LogP contribution < -0.4 is 26.6 Å². The van der Waals surface area contributed by atoms with Crippen molar-refractivity contribution in [1.82, 2.24) is 26.6 Å². The summed E-state index contributed by atoms with van der Waals surface area (Å²) in [6, 6.07) is 0. The highest BCUT2D eigenvalue weighted by Crippen LogP contribution is 2.14. The van der Waals surface area contributed by atoms with Gasteiger partial charge in [-0.3, -0.25) is 0 Å². The summed E-state index contributed by atoms with van der Waals surface area (Å²) < 4.78 is 5.07. The number of piperidine rings is 3. The minimum absolute atomic E-state index is 1.00. The Balaban J connectivity index is 0.000000216. The van der Waals surface area contributed by atoms with Crippen LogP contribution in [0.4, 0.5) is 0 Å². The maximum absolute atomic E-state index is 5.07. The van der Waals surface area contributed by atoms with E-state index < -0.39 is 0 Å². The second-order valence-electron chi connectivity index (χ2n) is 10.3. The molecule has 6 aliphatic heterocycles. The molecule has 6 saturated heterocycles. The smallest absolute Gasteiger partial charge is 0.0466 e. The lowest BCUT2D eigenvalue weighted by molar-refractivity contribution is 0.0968. The van der Waals surface area contributed by atoms with E-state index in [2.05, 4.69) is 38.3 Å². The van der Waals surface area contributed by atoms with Gasteiger partial charge in [-0.25, -0.2) is 0 Å². The van der Waals surface area contributed by atoms with Crippen LogP contribution in [0.25, 0.3) is 0 Å². The third kappa shape index (κ3) is 28.7. The lowest BCUT2D eigenvalue weighted by atomic mass is 10.2. The lowest BCUT2D eigenvalue weighted by Crippen LogP contribution is -2.39. The van der Waals surface area contributed by atoms with Gasteiger partial charge in [-0.05, 0) is 121 Å². The molecule has 216 valence electrons. The molecule has 0 aromatic rings. The Morgan fingerprint density at radius 1 is 0.306 bits per heavy atom. The molecule has 0 amide bonds. The largest absolute Gasteiger partial charge is 0.381 e. The van der Waals surface area contributed by atoms with E-state index in [9.17, 15) is 0 Å². The molecule has 0 atom stereocenters. The molecule has 0 bridgehead atoms. The fourth-order valence-corrected chi connectivity index (χ4v) is 5.40. The number of nitrogens with one attached hydrogen (secondary N) is 5. The van der Waals surface area contributed by atoms with E-state index in [0.29, 0.717) is 0 Å². The monoisotopic (exact) mass is 529 g/mol. The molecule has 5 N–H and O–H groups in total. The van der Waals surface area contributed by atoms with Gasteiger partial charge in [0.05, 0.1) is 0 Å². The zero-order valence-electron chi connectivity index (χ0n) is 23.8. The Kier molecular flexibility index (Phi) is 29.7. The van der Waals surface area contributed by atoms with Crippen LogP contribution in [0.2, 0.25) is 0 Å². The van der Waals surface area contributed by atoms with Crippen LogP contribution in [-0.2, 0) is 4.74 Å². The first-order chi connectivity index (χ1) is 18.0. The van der Waals surface area contributed by atoms with Crippen molar-refractivity contribution in [1.29, 1.82) is 0 Å². The predicted octanol–water partition coefficient (Wildman–Crippen LogP) is 4.55. The van der Waals surface area contributed by atoms with Crippen LogP contribution in [-0.4, -0.2) is 90.2 Å². The summed E-state index contributed by atoms with van der Waals surface area (Å²) in [5, 5.41) is 16.3. The average molecular weight is 530 g/mol. The highest BCUT2D eigenvalue weighted by atomic mass is 32.2. The topological polar surface area (TPSA) is 69.4 Å². The Morgan fingerprint density at radius 2 is 0.611 bits per heavy atom. The standard InChI is InChI=1S/3C5H11N.C5H10O.C5H10S.C4H10N2/c5*1-2-4-6-5-3-1;1-2-6-4-3-5-1/h3*6H,1-5H2;2*1-5H2;5-6H,1-4H2. The van der Waals surface area contributed by atoms with Gasteiger partial charge in [0, 0.05) is 39.4 Å². The minimum atomic E-state index is 1.00. The third-order valence-corrected chi connectivity index (χ3v) is 7.89. The van der Waals surface area contributed by atoms with Gasteiger partial charge in [0.2, 0.25) is 0 Å². The second kappa shape index (κ2) is 31.3. The fraction of sp³-hybridized carbons (Fsp3) is 1.00. The Hall–Kier alpha value is 0.110. The SMILES string of the molecule is C1CCNCC1.C1CCNCC1.C1CCNCC1.C1CCOCC1.C1CCSCC1.C1CNCCN1. The van der Waals surface area contributed by atoms with Crippen molar-refractivity contribution in [2.75, 3.05) is 90.2 Å². The molecular formula is C29H63N5OS. The number of rotatable bonds is 0. The summed E-state index contributed by atoms with van der Waals surface area (Å²) in [7, 11) is 0. The van der Waals surface area contributed by atoms with Gasteiger partial charge < -0.3 is 31.3 Å². The third-order valence-electron chi connectivity index (χ3n) is 6.73. The first-order valence-electron chi connectivity index (χ1n) is 15.7. The van der Waals surface area contributed by atoms with Gasteiger partial charge in [0.15, 0.2) is 0 Å². The van der Waals surface area contributed by atoms with E-state index in [4.69, 9.17) is 4.74 Å². The maximum atomic E-state index is 5.07. The van der Waals surface area contributed by atoms with Crippen molar-refractivity contribution in [2.24, 2.45) is 0 Å². The van der Waals surface area contributed by atoms with Crippen LogP contribution in [0.5, 0.6) is 0 Å². The normalized spacial score (nSPS) is 24.0. The fourth-order valence-electron chi connectivity index (χ4n) is 4.38. The highest BCUT2D eigenvalue weighted by molar-refractivity contribution is 7.99. The van der Waals surface area contributed by atoms with Crippen molar-refractivity contribution in [3.8, 4) is 0 Å². The molecule has 0 aromatic carbocycles. The van der Waals surface area contributed by atoms with E-state index in [1.807, 2.05) is 0 Å². The molecule has 6 rings (SSSR count). The molecular weight excluding hydrogens is 466 g/mol. The van der Waals surface area contributed by atoms with E-state index in [-0.39, 0.29) is 0 Å². The number of hydrogen-bond acceptors (Lipinski definition) is 7. The van der Waals surface area contributed by atoms with E-state index >= 15 is 0 Å². The quantitative estimate of drug-likeness (QED) is 0.315. The zero-order chi connectivity index (χ0) is 25.5. The molecule has 7 heteroatoms. The molecule has 6 fully saturated rings. The van der Waals surface area contributed by atoms with Crippen LogP contribution in [0.1, 0.15) is 96.3 Å². The molecule has 0 spiro atoms. The van der Waals surface area contributed by atoms with Crippen molar-refractivity contribution in [3.63, 3.8) is 0 Å². The van der Waals surface area contributed by atoms with Crippen molar-refractivity contribution < 1.29 is 4.74 Å². The second-order valence-corrected chi connectivity index (χ2v) is 11.5. The Labute approximate surface area is 229 Å². The zero-order valence-corrected chi connectivity index (χ0v) is 24.6. The molecule has 0 saturated carbocycles. The van der Waals surface area contributed by atoms with Crippen LogP contribution >= 0.6 is 11.8 Å². The minimum Gasteiger partial charge on any atom is -0.381 e. The molecule has 0 radical (unpaired) electrons. The highest BCUT2D eigenvalue weighted by Gasteiger charge is 1.97. The first kappa shape index (κ1) is 34.1. The number of hydrogen-bond donors (Lipinski definition) is 5. The summed E-state index contributed by atoms with van der Waals surface area (Å²) in [5.41, 5.74) is 0. The van der Waals surface area contributed by atoms with Crippen LogP contribution in [0.3, 0.4) is 0 Å². The van der Waals surface area contributed by atoms with Gasteiger partial charge >= 0.3 is 0 Å². The Morgan fingerprint density at radius 3 is 0.722 bits per heavy atom. The molecule has 6 aliphatic rings. The molecule has 36 heavy (non-hydrogen) atoms. The van der Waals surface area contributed by atoms with Crippen LogP contribution in [0.15, 0.2) is 0 Å². The van der Waals surface area contributed by atoms with Gasteiger partial charge in [-0.15, -0.1) is 0 Å². The van der Waals surface area contributed by atoms with Gasteiger partial charge in [-0.1, -0.05) is 25.7 Å². The van der Waals surface area contributed by atoms with E-state index in [1.165, 1.54) is 147 Å². The van der Waals surface area contributed by atoms with Crippen molar-refractivity contribution in [3.05, 3.63) is 0 Å². The molecule has 6 heterocycles. The lowest BCUT2D eigenvalue weighted by Gasteiger charge is -2.11. The van der Waals surface area contributed by atoms with Crippen LogP contribution in [0, 0.1) is 0 Å². The van der Waals surface area contributed by atoms with Gasteiger partial charge in [-0.2, -0.15) is 11.8 Å². The summed E-state index contributed by atoms with van der Waals surface area (Å²) in [5.74, 6) is 2.83. The molecule has 0 unspecified atom stereocenters. The summed E-state index contributed by atoms with van der Waals surface area (Å²) in [4.78, 5) is 0. The average Bonchev–Trinajstić information content (AvgIpc) is 3.04. The molecule has 0 aromatic heterocycles. The van der Waals surface area contributed by atoms with Crippen molar-refractivity contribution >= 4 is 11.8 Å². The predicted molar refractivity (Wildman–Crippen MR) is 162 cm³/mol. The summed E-state index contributed by atoms with van der Waals surface area (Å²) in [6.45, 7) is 14.1.